The Morgan fingerprint density at radius 3 is 2.10 bits per heavy atom. The molecule has 2 aromatic rings. The highest BCUT2D eigenvalue weighted by Gasteiger charge is 2.17. The molecule has 0 unspecified atom stereocenters. The van der Waals surface area contributed by atoms with Gasteiger partial charge in [0.15, 0.2) is 0 Å². The number of aryl methyl sites for hydroxylation is 1. The molecule has 2 aromatic carbocycles. The Balaban J connectivity index is 1.57. The van der Waals surface area contributed by atoms with Gasteiger partial charge in [-0.3, -0.25) is 9.59 Å². The van der Waals surface area contributed by atoms with Crippen LogP contribution in [-0.2, 0) is 9.59 Å². The molecular weight excluding hydrogens is 390 g/mol. The van der Waals surface area contributed by atoms with Gasteiger partial charge in [0.05, 0.1) is 0 Å². The van der Waals surface area contributed by atoms with Gasteiger partial charge in [0.25, 0.3) is 0 Å². The minimum absolute atomic E-state index is 0.603. The summed E-state index contributed by atoms with van der Waals surface area (Å²) in [4.78, 5) is 31.6. The van der Waals surface area contributed by atoms with E-state index < -0.39 is 11.8 Å². The van der Waals surface area contributed by atoms with Crippen molar-refractivity contribution in [1.82, 2.24) is 4.90 Å². The standard InChI is InChI=1S/C24H33N5O2/c1-5-28(6-2)21-11-12-22(18(3)17-21)26-24(31)23(30)25-19-7-9-20(10-8-19)29-15-13-27(4)14-16-29/h7-12,17H,5-6,13-16H2,1-4H3,(H,25,30)(H,26,31). The highest BCUT2D eigenvalue weighted by molar-refractivity contribution is 6.43. The zero-order valence-corrected chi connectivity index (χ0v) is 18.9. The van der Waals surface area contributed by atoms with E-state index in [9.17, 15) is 9.59 Å². The van der Waals surface area contributed by atoms with Crippen LogP contribution in [0.5, 0.6) is 0 Å². The lowest BCUT2D eigenvalue weighted by atomic mass is 10.1. The highest BCUT2D eigenvalue weighted by Crippen LogP contribution is 2.23. The van der Waals surface area contributed by atoms with Gasteiger partial charge in [-0.2, -0.15) is 0 Å². The molecule has 0 radical (unpaired) electrons. The molecule has 3 rings (SSSR count). The van der Waals surface area contributed by atoms with E-state index in [0.29, 0.717) is 11.4 Å². The first-order chi connectivity index (χ1) is 14.9. The number of anilines is 4. The van der Waals surface area contributed by atoms with Crippen LogP contribution in [0.15, 0.2) is 42.5 Å². The number of nitrogens with one attached hydrogen (secondary N) is 2. The van der Waals surface area contributed by atoms with E-state index in [1.165, 1.54) is 0 Å². The van der Waals surface area contributed by atoms with Crippen molar-refractivity contribution < 1.29 is 9.59 Å². The van der Waals surface area contributed by atoms with E-state index in [-0.39, 0.29) is 0 Å². The van der Waals surface area contributed by atoms with Crippen molar-refractivity contribution >= 4 is 34.6 Å². The first-order valence-corrected chi connectivity index (χ1v) is 10.9. The largest absolute Gasteiger partial charge is 0.372 e. The zero-order valence-electron chi connectivity index (χ0n) is 18.9. The van der Waals surface area contributed by atoms with Gasteiger partial charge in [-0.1, -0.05) is 0 Å². The number of piperazine rings is 1. The molecular formula is C24H33N5O2. The summed E-state index contributed by atoms with van der Waals surface area (Å²) in [6.07, 6.45) is 0. The number of hydrogen-bond acceptors (Lipinski definition) is 5. The second-order valence-electron chi connectivity index (χ2n) is 7.92. The molecule has 1 aliphatic heterocycles. The number of benzene rings is 2. The Bertz CT molecular complexity index is 901. The quantitative estimate of drug-likeness (QED) is 0.699. The molecule has 0 bridgehead atoms. The molecule has 0 atom stereocenters. The summed E-state index contributed by atoms with van der Waals surface area (Å²) in [6.45, 7) is 12.0. The van der Waals surface area contributed by atoms with E-state index >= 15 is 0 Å². The summed E-state index contributed by atoms with van der Waals surface area (Å²) in [5, 5.41) is 5.40. The fourth-order valence-corrected chi connectivity index (χ4v) is 3.76. The normalized spacial score (nSPS) is 14.3. The summed E-state index contributed by atoms with van der Waals surface area (Å²) in [5.41, 5.74) is 4.39. The van der Waals surface area contributed by atoms with Crippen molar-refractivity contribution in [2.75, 3.05) is 66.7 Å². The highest BCUT2D eigenvalue weighted by atomic mass is 16.2. The first-order valence-electron chi connectivity index (χ1n) is 10.9. The molecule has 0 aliphatic carbocycles. The average molecular weight is 424 g/mol. The Morgan fingerprint density at radius 2 is 1.52 bits per heavy atom. The van der Waals surface area contributed by atoms with Crippen molar-refractivity contribution in [3.8, 4) is 0 Å². The van der Waals surface area contributed by atoms with Crippen molar-refractivity contribution in [1.29, 1.82) is 0 Å². The van der Waals surface area contributed by atoms with Crippen LogP contribution in [0.3, 0.4) is 0 Å². The third kappa shape index (κ3) is 5.76. The van der Waals surface area contributed by atoms with Gasteiger partial charge in [0.1, 0.15) is 0 Å². The second-order valence-corrected chi connectivity index (χ2v) is 7.92. The maximum atomic E-state index is 12.4. The van der Waals surface area contributed by atoms with E-state index in [4.69, 9.17) is 0 Å². The third-order valence-electron chi connectivity index (χ3n) is 5.79. The molecule has 7 nitrogen and oxygen atoms in total. The van der Waals surface area contributed by atoms with Crippen LogP contribution in [-0.4, -0.2) is 63.0 Å². The molecule has 0 aromatic heterocycles. The number of carbonyl (C=O) groups is 2. The van der Waals surface area contributed by atoms with E-state index in [2.05, 4.69) is 46.2 Å². The molecule has 1 aliphatic rings. The molecule has 7 heteroatoms. The van der Waals surface area contributed by atoms with Crippen LogP contribution >= 0.6 is 0 Å². The predicted molar refractivity (Wildman–Crippen MR) is 128 cm³/mol. The molecule has 31 heavy (non-hydrogen) atoms. The summed E-state index contributed by atoms with van der Waals surface area (Å²) in [7, 11) is 2.13. The lowest BCUT2D eigenvalue weighted by molar-refractivity contribution is -0.133. The SMILES string of the molecule is CCN(CC)c1ccc(NC(=O)C(=O)Nc2ccc(N3CCN(C)CC3)cc2)c(C)c1. The number of amides is 2. The van der Waals surface area contributed by atoms with Gasteiger partial charge >= 0.3 is 11.8 Å². The molecule has 0 saturated carbocycles. The maximum absolute atomic E-state index is 12.4. The molecule has 0 spiro atoms. The van der Waals surface area contributed by atoms with Gasteiger partial charge in [-0.25, -0.2) is 0 Å². The van der Waals surface area contributed by atoms with Crippen LogP contribution in [0.1, 0.15) is 19.4 Å². The summed E-state index contributed by atoms with van der Waals surface area (Å²) in [5.74, 6) is -1.36. The smallest absolute Gasteiger partial charge is 0.314 e. The lowest BCUT2D eigenvalue weighted by Gasteiger charge is -2.34. The van der Waals surface area contributed by atoms with Crippen LogP contribution in [0, 0.1) is 6.92 Å². The Hall–Kier alpha value is -3.06. The van der Waals surface area contributed by atoms with Crippen molar-refractivity contribution in [2.45, 2.75) is 20.8 Å². The van der Waals surface area contributed by atoms with Crippen molar-refractivity contribution in [2.24, 2.45) is 0 Å². The van der Waals surface area contributed by atoms with Gasteiger partial charge in [0.2, 0.25) is 0 Å². The van der Waals surface area contributed by atoms with Crippen LogP contribution in [0.25, 0.3) is 0 Å². The van der Waals surface area contributed by atoms with Crippen molar-refractivity contribution in [3.05, 3.63) is 48.0 Å². The fraction of sp³-hybridized carbons (Fsp3) is 0.417. The van der Waals surface area contributed by atoms with E-state index in [1.807, 2.05) is 49.4 Å². The Kier molecular flexibility index (Phi) is 7.52. The molecule has 1 fully saturated rings. The molecule has 2 amide bonds. The van der Waals surface area contributed by atoms with Gasteiger partial charge in [-0.15, -0.1) is 0 Å². The number of nitrogens with zero attached hydrogens (tertiary/aromatic N) is 3. The van der Waals surface area contributed by atoms with Crippen molar-refractivity contribution in [3.63, 3.8) is 0 Å². The number of hydrogen-bond donors (Lipinski definition) is 2. The Morgan fingerprint density at radius 1 is 0.903 bits per heavy atom. The number of carbonyl (C=O) groups excluding carboxylic acids is 2. The minimum Gasteiger partial charge on any atom is -0.372 e. The molecule has 2 N–H and O–H groups in total. The second kappa shape index (κ2) is 10.3. The monoisotopic (exact) mass is 423 g/mol. The predicted octanol–water partition coefficient (Wildman–Crippen LogP) is 3.17. The van der Waals surface area contributed by atoms with Crippen LogP contribution < -0.4 is 20.4 Å². The number of likely N-dealkylation sites (N-methyl/N-ethyl adjacent to an activating group) is 1. The van der Waals surface area contributed by atoms with Gasteiger partial charge < -0.3 is 25.3 Å². The third-order valence-corrected chi connectivity index (χ3v) is 5.79. The zero-order chi connectivity index (χ0) is 22.4. The topological polar surface area (TPSA) is 67.9 Å². The summed E-state index contributed by atoms with van der Waals surface area (Å²) >= 11 is 0. The average Bonchev–Trinajstić information content (AvgIpc) is 2.77. The number of rotatable bonds is 6. The first kappa shape index (κ1) is 22.6. The summed E-state index contributed by atoms with van der Waals surface area (Å²) < 4.78 is 0. The molecule has 1 heterocycles. The van der Waals surface area contributed by atoms with Gasteiger partial charge in [-0.05, 0) is 75.8 Å². The van der Waals surface area contributed by atoms with E-state index in [0.717, 1.165) is 56.2 Å². The Labute approximate surface area is 185 Å². The maximum Gasteiger partial charge on any atom is 0.314 e. The van der Waals surface area contributed by atoms with Crippen LogP contribution in [0.4, 0.5) is 22.7 Å². The van der Waals surface area contributed by atoms with Crippen LogP contribution in [0.2, 0.25) is 0 Å². The lowest BCUT2D eigenvalue weighted by Crippen LogP contribution is -2.44. The van der Waals surface area contributed by atoms with Gasteiger partial charge in [0, 0.05) is 62.0 Å². The summed E-state index contributed by atoms with van der Waals surface area (Å²) in [6, 6.07) is 13.5. The fourth-order valence-electron chi connectivity index (χ4n) is 3.76. The minimum atomic E-state index is -0.681. The molecule has 1 saturated heterocycles. The van der Waals surface area contributed by atoms with E-state index in [1.54, 1.807) is 0 Å². The molecule has 166 valence electrons.